The zero-order valence-corrected chi connectivity index (χ0v) is 16.0. The third-order valence-corrected chi connectivity index (χ3v) is 5.01. The monoisotopic (exact) mass is 384 g/mol. The SMILES string of the molecule is Cc1cc(C2CCN(c3cccc(COC(=O)CC(=N)N)c3F)CC2)ccn1. The Morgan fingerprint density at radius 3 is 2.79 bits per heavy atom. The molecule has 148 valence electrons. The van der Waals surface area contributed by atoms with E-state index in [0.717, 1.165) is 31.6 Å². The number of ether oxygens (including phenoxy) is 1. The number of carbonyl (C=O) groups excluding carboxylic acids is 1. The van der Waals surface area contributed by atoms with Gasteiger partial charge in [0.1, 0.15) is 18.9 Å². The Balaban J connectivity index is 1.63. The van der Waals surface area contributed by atoms with Gasteiger partial charge in [-0.2, -0.15) is 0 Å². The molecule has 0 aliphatic carbocycles. The number of nitrogens with zero attached hydrogens (tertiary/aromatic N) is 2. The van der Waals surface area contributed by atoms with Gasteiger partial charge in [0.2, 0.25) is 0 Å². The minimum atomic E-state index is -0.634. The third kappa shape index (κ3) is 4.85. The summed E-state index contributed by atoms with van der Waals surface area (Å²) in [6.07, 6.45) is 3.44. The van der Waals surface area contributed by atoms with Gasteiger partial charge in [0.15, 0.2) is 5.82 Å². The zero-order valence-electron chi connectivity index (χ0n) is 16.0. The molecule has 2 heterocycles. The number of benzene rings is 1. The highest BCUT2D eigenvalue weighted by Crippen LogP contribution is 2.32. The number of rotatable bonds is 6. The van der Waals surface area contributed by atoms with Gasteiger partial charge < -0.3 is 15.4 Å². The average Bonchev–Trinajstić information content (AvgIpc) is 2.67. The van der Waals surface area contributed by atoms with Crippen LogP contribution >= 0.6 is 0 Å². The van der Waals surface area contributed by atoms with Crippen LogP contribution in [0, 0.1) is 18.2 Å². The van der Waals surface area contributed by atoms with Crippen LogP contribution in [0.5, 0.6) is 0 Å². The standard InChI is InChI=1S/C21H25FN4O2/c1-14-11-16(5-8-25-14)15-6-9-26(10-7-15)18-4-2-3-17(21(18)22)13-28-20(27)12-19(23)24/h2-5,8,11,15H,6-7,9-10,12-13H2,1H3,(H3,23,24). The predicted molar refractivity (Wildman–Crippen MR) is 106 cm³/mol. The van der Waals surface area contributed by atoms with Crippen molar-refractivity contribution < 1.29 is 13.9 Å². The minimum Gasteiger partial charge on any atom is -0.460 e. The molecule has 7 heteroatoms. The number of halogens is 1. The van der Waals surface area contributed by atoms with Gasteiger partial charge in [-0.3, -0.25) is 15.2 Å². The summed E-state index contributed by atoms with van der Waals surface area (Å²) in [6.45, 7) is 3.34. The van der Waals surface area contributed by atoms with Crippen LogP contribution in [0.1, 0.15) is 42.0 Å². The summed E-state index contributed by atoms with van der Waals surface area (Å²) in [5.74, 6) is -0.815. The molecule has 0 saturated carbocycles. The van der Waals surface area contributed by atoms with Gasteiger partial charge in [-0.1, -0.05) is 12.1 Å². The van der Waals surface area contributed by atoms with Gasteiger partial charge in [-0.05, 0) is 49.4 Å². The van der Waals surface area contributed by atoms with Crippen molar-refractivity contribution >= 4 is 17.5 Å². The van der Waals surface area contributed by atoms with E-state index in [1.165, 1.54) is 5.56 Å². The highest BCUT2D eigenvalue weighted by Gasteiger charge is 2.23. The lowest BCUT2D eigenvalue weighted by molar-refractivity contribution is -0.143. The summed E-state index contributed by atoms with van der Waals surface area (Å²) < 4.78 is 20.0. The van der Waals surface area contributed by atoms with E-state index in [2.05, 4.69) is 17.1 Å². The molecule has 1 aromatic carbocycles. The van der Waals surface area contributed by atoms with Crippen molar-refractivity contribution in [2.24, 2.45) is 5.73 Å². The molecule has 0 amide bonds. The first-order valence-corrected chi connectivity index (χ1v) is 9.37. The Morgan fingerprint density at radius 1 is 1.36 bits per heavy atom. The van der Waals surface area contributed by atoms with E-state index in [4.69, 9.17) is 15.9 Å². The molecule has 1 saturated heterocycles. The summed E-state index contributed by atoms with van der Waals surface area (Å²) in [4.78, 5) is 17.8. The van der Waals surface area contributed by atoms with E-state index >= 15 is 0 Å². The molecule has 0 bridgehead atoms. The molecule has 0 radical (unpaired) electrons. The number of hydrogen-bond donors (Lipinski definition) is 2. The molecule has 6 nitrogen and oxygen atoms in total. The van der Waals surface area contributed by atoms with Crippen molar-refractivity contribution in [3.63, 3.8) is 0 Å². The van der Waals surface area contributed by atoms with E-state index in [0.29, 0.717) is 17.2 Å². The molecule has 28 heavy (non-hydrogen) atoms. The summed E-state index contributed by atoms with van der Waals surface area (Å²) >= 11 is 0. The second kappa shape index (κ2) is 8.82. The Morgan fingerprint density at radius 2 is 2.11 bits per heavy atom. The van der Waals surface area contributed by atoms with Gasteiger partial charge in [-0.15, -0.1) is 0 Å². The fraction of sp³-hybridized carbons (Fsp3) is 0.381. The molecule has 2 aromatic rings. The maximum absolute atomic E-state index is 14.9. The summed E-state index contributed by atoms with van der Waals surface area (Å²) in [5, 5.41) is 7.10. The zero-order chi connectivity index (χ0) is 20.1. The molecule has 3 N–H and O–H groups in total. The van der Waals surface area contributed by atoms with E-state index in [9.17, 15) is 9.18 Å². The number of anilines is 1. The first kappa shape index (κ1) is 19.8. The number of hydrogen-bond acceptors (Lipinski definition) is 5. The number of carbonyl (C=O) groups is 1. The Labute approximate surface area is 164 Å². The second-order valence-electron chi connectivity index (χ2n) is 7.10. The fourth-order valence-electron chi connectivity index (χ4n) is 3.56. The van der Waals surface area contributed by atoms with Gasteiger partial charge in [0.25, 0.3) is 0 Å². The van der Waals surface area contributed by atoms with Crippen molar-refractivity contribution in [3.8, 4) is 0 Å². The van der Waals surface area contributed by atoms with Gasteiger partial charge in [-0.25, -0.2) is 4.39 Å². The quantitative estimate of drug-likeness (QED) is 0.453. The molecule has 0 unspecified atom stereocenters. The lowest BCUT2D eigenvalue weighted by Crippen LogP contribution is -2.33. The second-order valence-corrected chi connectivity index (χ2v) is 7.10. The lowest BCUT2D eigenvalue weighted by Gasteiger charge is -2.34. The predicted octanol–water partition coefficient (Wildman–Crippen LogP) is 3.28. The first-order chi connectivity index (χ1) is 13.4. The normalized spacial score (nSPS) is 14.7. The van der Waals surface area contributed by atoms with Crippen molar-refractivity contribution in [3.05, 3.63) is 59.2 Å². The highest BCUT2D eigenvalue weighted by molar-refractivity contribution is 5.94. The largest absolute Gasteiger partial charge is 0.460 e. The smallest absolute Gasteiger partial charge is 0.313 e. The van der Waals surface area contributed by atoms with Crippen LogP contribution in [0.15, 0.2) is 36.5 Å². The fourth-order valence-corrected chi connectivity index (χ4v) is 3.56. The summed E-state index contributed by atoms with van der Waals surface area (Å²) in [5.41, 5.74) is 8.33. The van der Waals surface area contributed by atoms with Crippen molar-refractivity contribution in [2.75, 3.05) is 18.0 Å². The molecule has 0 spiro atoms. The summed E-state index contributed by atoms with van der Waals surface area (Å²) in [7, 11) is 0. The van der Waals surface area contributed by atoms with E-state index in [-0.39, 0.29) is 24.7 Å². The topological polar surface area (TPSA) is 92.3 Å². The molecule has 1 aliphatic heterocycles. The highest BCUT2D eigenvalue weighted by atomic mass is 19.1. The molecular formula is C21H25FN4O2. The Bertz CT molecular complexity index is 863. The van der Waals surface area contributed by atoms with E-state index < -0.39 is 5.97 Å². The van der Waals surface area contributed by atoms with E-state index in [1.807, 2.05) is 18.0 Å². The van der Waals surface area contributed by atoms with E-state index in [1.54, 1.807) is 18.2 Å². The van der Waals surface area contributed by atoms with Gasteiger partial charge >= 0.3 is 5.97 Å². The average molecular weight is 384 g/mol. The molecule has 1 fully saturated rings. The van der Waals surface area contributed by atoms with Crippen molar-refractivity contribution in [2.45, 2.75) is 38.7 Å². The number of aromatic nitrogens is 1. The first-order valence-electron chi connectivity index (χ1n) is 9.37. The van der Waals surface area contributed by atoms with Crippen LogP contribution in [-0.2, 0) is 16.1 Å². The molecule has 1 aliphatic rings. The number of esters is 1. The molecule has 0 atom stereocenters. The number of aryl methyl sites for hydroxylation is 1. The third-order valence-electron chi connectivity index (χ3n) is 5.01. The van der Waals surface area contributed by atoms with Gasteiger partial charge in [0.05, 0.1) is 5.69 Å². The number of piperidine rings is 1. The van der Waals surface area contributed by atoms with Crippen molar-refractivity contribution in [1.82, 2.24) is 4.98 Å². The number of pyridine rings is 1. The number of amidine groups is 1. The van der Waals surface area contributed by atoms with Crippen LogP contribution in [0.3, 0.4) is 0 Å². The summed E-state index contributed by atoms with van der Waals surface area (Å²) in [6, 6.07) is 9.31. The lowest BCUT2D eigenvalue weighted by atomic mass is 9.89. The molecule has 3 rings (SSSR count). The minimum absolute atomic E-state index is 0.168. The number of nitrogens with two attached hydrogens (primary N) is 1. The van der Waals surface area contributed by atoms with Crippen molar-refractivity contribution in [1.29, 1.82) is 5.41 Å². The molecular weight excluding hydrogens is 359 g/mol. The Hall–Kier alpha value is -2.96. The van der Waals surface area contributed by atoms with Crippen LogP contribution in [0.2, 0.25) is 0 Å². The maximum Gasteiger partial charge on any atom is 0.313 e. The van der Waals surface area contributed by atoms with Crippen LogP contribution < -0.4 is 10.6 Å². The molecule has 1 aromatic heterocycles. The van der Waals surface area contributed by atoms with Crippen LogP contribution in [0.4, 0.5) is 10.1 Å². The Kier molecular flexibility index (Phi) is 6.23. The number of nitrogens with one attached hydrogen (secondary N) is 1. The maximum atomic E-state index is 14.9. The van der Waals surface area contributed by atoms with Gasteiger partial charge in [0, 0.05) is 30.5 Å². The van der Waals surface area contributed by atoms with Crippen LogP contribution in [0.25, 0.3) is 0 Å². The van der Waals surface area contributed by atoms with Crippen LogP contribution in [-0.4, -0.2) is 29.9 Å².